The Labute approximate surface area is 117 Å². The highest BCUT2D eigenvalue weighted by molar-refractivity contribution is 5.82. The molecule has 20 heavy (non-hydrogen) atoms. The predicted octanol–water partition coefficient (Wildman–Crippen LogP) is 4.30. The first-order valence-corrected chi connectivity index (χ1v) is 6.56. The molecule has 0 bridgehead atoms. The summed E-state index contributed by atoms with van der Waals surface area (Å²) in [5.74, 6) is 0. The lowest BCUT2D eigenvalue weighted by Gasteiger charge is -1.99. The molecule has 0 spiro atoms. The number of non-ortho nitro benzene ring substituents is 1. The number of rotatable bonds is 5. The molecule has 2 aromatic carbocycles. The van der Waals surface area contributed by atoms with Gasteiger partial charge in [0.05, 0.1) is 10.6 Å². The van der Waals surface area contributed by atoms with Crippen molar-refractivity contribution >= 4 is 17.6 Å². The Bertz CT molecular complexity index is 601. The van der Waals surface area contributed by atoms with Crippen LogP contribution in [0.2, 0.25) is 0 Å². The van der Waals surface area contributed by atoms with Crippen LogP contribution in [-0.2, 0) is 6.42 Å². The number of benzene rings is 2. The number of nitro groups is 1. The first-order valence-electron chi connectivity index (χ1n) is 6.56. The second-order valence-corrected chi connectivity index (χ2v) is 4.52. The van der Waals surface area contributed by atoms with E-state index in [0.717, 1.165) is 24.1 Å². The number of hydrogen-bond acceptors (Lipinski definition) is 3. The van der Waals surface area contributed by atoms with E-state index in [9.17, 15) is 10.1 Å². The number of nitrogens with zero attached hydrogens (tertiary/aromatic N) is 2. The maximum Gasteiger partial charge on any atom is 0.269 e. The van der Waals surface area contributed by atoms with E-state index in [1.807, 2.05) is 12.1 Å². The van der Waals surface area contributed by atoms with Crippen LogP contribution < -0.4 is 0 Å². The third kappa shape index (κ3) is 3.75. The standard InChI is InChI=1S/C16H16N2O2/c1-2-3-13-4-8-15(9-5-13)17-12-14-6-10-16(11-7-14)18(19)20/h4-12H,2-3H2,1H3/b17-12+. The van der Waals surface area contributed by atoms with Gasteiger partial charge in [-0.25, -0.2) is 0 Å². The number of aryl methyl sites for hydroxylation is 1. The summed E-state index contributed by atoms with van der Waals surface area (Å²) in [5.41, 5.74) is 3.12. The topological polar surface area (TPSA) is 55.5 Å². The van der Waals surface area contributed by atoms with Crippen LogP contribution in [0.5, 0.6) is 0 Å². The molecule has 0 atom stereocenters. The van der Waals surface area contributed by atoms with Crippen molar-refractivity contribution in [1.29, 1.82) is 0 Å². The van der Waals surface area contributed by atoms with E-state index in [1.54, 1.807) is 18.3 Å². The number of hydrogen-bond donors (Lipinski definition) is 0. The average molecular weight is 268 g/mol. The molecule has 0 saturated carbocycles. The minimum absolute atomic E-state index is 0.0890. The normalized spacial score (nSPS) is 10.8. The van der Waals surface area contributed by atoms with Crippen LogP contribution in [0.3, 0.4) is 0 Å². The highest BCUT2D eigenvalue weighted by Crippen LogP contribution is 2.15. The zero-order chi connectivity index (χ0) is 14.4. The summed E-state index contributed by atoms with van der Waals surface area (Å²) in [6.07, 6.45) is 3.91. The van der Waals surface area contributed by atoms with Gasteiger partial charge in [0.15, 0.2) is 0 Å². The summed E-state index contributed by atoms with van der Waals surface area (Å²) in [5, 5.41) is 10.5. The van der Waals surface area contributed by atoms with Crippen LogP contribution >= 0.6 is 0 Å². The molecular formula is C16H16N2O2. The molecule has 0 aliphatic carbocycles. The second kappa shape index (κ2) is 6.61. The fourth-order valence-electron chi connectivity index (χ4n) is 1.87. The average Bonchev–Trinajstić information content (AvgIpc) is 2.47. The predicted molar refractivity (Wildman–Crippen MR) is 80.8 cm³/mol. The third-order valence-electron chi connectivity index (χ3n) is 2.94. The fraction of sp³-hybridized carbons (Fsp3) is 0.188. The van der Waals surface area contributed by atoms with Crippen molar-refractivity contribution in [3.63, 3.8) is 0 Å². The van der Waals surface area contributed by atoms with Crippen LogP contribution in [0.25, 0.3) is 0 Å². The van der Waals surface area contributed by atoms with Crippen molar-refractivity contribution in [2.45, 2.75) is 19.8 Å². The van der Waals surface area contributed by atoms with Gasteiger partial charge in [-0.15, -0.1) is 0 Å². The highest BCUT2D eigenvalue weighted by atomic mass is 16.6. The summed E-state index contributed by atoms with van der Waals surface area (Å²) < 4.78 is 0. The van der Waals surface area contributed by atoms with Gasteiger partial charge in [-0.3, -0.25) is 15.1 Å². The summed E-state index contributed by atoms with van der Waals surface area (Å²) in [4.78, 5) is 14.5. The summed E-state index contributed by atoms with van der Waals surface area (Å²) >= 11 is 0. The van der Waals surface area contributed by atoms with Crippen LogP contribution in [0.15, 0.2) is 53.5 Å². The van der Waals surface area contributed by atoms with Gasteiger partial charge in [-0.1, -0.05) is 25.5 Å². The molecule has 0 unspecified atom stereocenters. The molecule has 0 saturated heterocycles. The lowest BCUT2D eigenvalue weighted by Crippen LogP contribution is -1.88. The molecule has 102 valence electrons. The summed E-state index contributed by atoms with van der Waals surface area (Å²) in [6, 6.07) is 14.4. The van der Waals surface area contributed by atoms with Gasteiger partial charge >= 0.3 is 0 Å². The molecule has 0 aliphatic heterocycles. The SMILES string of the molecule is CCCc1ccc(/N=C/c2ccc([N+](=O)[O-])cc2)cc1. The van der Waals surface area contributed by atoms with Crippen molar-refractivity contribution < 1.29 is 4.92 Å². The second-order valence-electron chi connectivity index (χ2n) is 4.52. The van der Waals surface area contributed by atoms with E-state index in [-0.39, 0.29) is 5.69 Å². The van der Waals surface area contributed by atoms with E-state index in [0.29, 0.717) is 0 Å². The fourth-order valence-corrected chi connectivity index (χ4v) is 1.87. The first-order chi connectivity index (χ1) is 9.69. The lowest BCUT2D eigenvalue weighted by molar-refractivity contribution is -0.384. The van der Waals surface area contributed by atoms with E-state index in [4.69, 9.17) is 0 Å². The Hall–Kier alpha value is -2.49. The van der Waals surface area contributed by atoms with Gasteiger partial charge in [-0.2, -0.15) is 0 Å². The molecule has 0 aliphatic rings. The highest BCUT2D eigenvalue weighted by Gasteiger charge is 2.02. The molecule has 0 heterocycles. The quantitative estimate of drug-likeness (QED) is 0.461. The van der Waals surface area contributed by atoms with Crippen LogP contribution in [-0.4, -0.2) is 11.1 Å². The summed E-state index contributed by atoms with van der Waals surface area (Å²) in [6.45, 7) is 2.15. The van der Waals surface area contributed by atoms with Crippen molar-refractivity contribution in [1.82, 2.24) is 0 Å². The van der Waals surface area contributed by atoms with Crippen LogP contribution in [0, 0.1) is 10.1 Å². The zero-order valence-corrected chi connectivity index (χ0v) is 11.3. The van der Waals surface area contributed by atoms with Gasteiger partial charge in [0, 0.05) is 18.3 Å². The Morgan fingerprint density at radius 1 is 1.10 bits per heavy atom. The Morgan fingerprint density at radius 2 is 1.75 bits per heavy atom. The van der Waals surface area contributed by atoms with Crippen LogP contribution in [0.4, 0.5) is 11.4 Å². The largest absolute Gasteiger partial charge is 0.269 e. The third-order valence-corrected chi connectivity index (χ3v) is 2.94. The molecule has 4 nitrogen and oxygen atoms in total. The molecule has 2 aromatic rings. The van der Waals surface area contributed by atoms with Gasteiger partial charge in [0.1, 0.15) is 0 Å². The van der Waals surface area contributed by atoms with Gasteiger partial charge in [0.25, 0.3) is 5.69 Å². The maximum atomic E-state index is 10.5. The zero-order valence-electron chi connectivity index (χ0n) is 11.3. The molecule has 0 amide bonds. The van der Waals surface area contributed by atoms with E-state index in [2.05, 4.69) is 24.0 Å². The molecule has 0 fully saturated rings. The molecule has 0 N–H and O–H groups in total. The minimum Gasteiger partial charge on any atom is -0.258 e. The Balaban J connectivity index is 2.06. The molecule has 2 rings (SSSR count). The van der Waals surface area contributed by atoms with Gasteiger partial charge in [-0.05, 0) is 41.8 Å². The van der Waals surface area contributed by atoms with Crippen molar-refractivity contribution in [3.8, 4) is 0 Å². The van der Waals surface area contributed by atoms with Crippen molar-refractivity contribution in [3.05, 3.63) is 69.8 Å². The Morgan fingerprint density at radius 3 is 2.30 bits per heavy atom. The molecule has 4 heteroatoms. The van der Waals surface area contributed by atoms with Crippen molar-refractivity contribution in [2.75, 3.05) is 0 Å². The van der Waals surface area contributed by atoms with Crippen molar-refractivity contribution in [2.24, 2.45) is 4.99 Å². The smallest absolute Gasteiger partial charge is 0.258 e. The lowest BCUT2D eigenvalue weighted by atomic mass is 10.1. The van der Waals surface area contributed by atoms with E-state index in [1.165, 1.54) is 17.7 Å². The van der Waals surface area contributed by atoms with E-state index < -0.39 is 4.92 Å². The minimum atomic E-state index is -0.409. The molecule has 0 radical (unpaired) electrons. The van der Waals surface area contributed by atoms with Gasteiger partial charge < -0.3 is 0 Å². The molecular weight excluding hydrogens is 252 g/mol. The molecule has 0 aromatic heterocycles. The number of aliphatic imine (C=N–C) groups is 1. The number of nitro benzene ring substituents is 1. The van der Waals surface area contributed by atoms with Gasteiger partial charge in [0.2, 0.25) is 0 Å². The summed E-state index contributed by atoms with van der Waals surface area (Å²) in [7, 11) is 0. The van der Waals surface area contributed by atoms with E-state index >= 15 is 0 Å². The monoisotopic (exact) mass is 268 g/mol. The Kier molecular flexibility index (Phi) is 4.60. The van der Waals surface area contributed by atoms with Crippen LogP contribution in [0.1, 0.15) is 24.5 Å². The maximum absolute atomic E-state index is 10.5. The first kappa shape index (κ1) is 13.9.